The number of para-hydroxylation sites is 1. The number of hydrogen-bond acceptors (Lipinski definition) is 4. The minimum Gasteiger partial charge on any atom is -0.450 e. The molecule has 5 heteroatoms. The van der Waals surface area contributed by atoms with Gasteiger partial charge in [-0.25, -0.2) is 4.79 Å². The van der Waals surface area contributed by atoms with Crippen molar-refractivity contribution in [1.82, 2.24) is 9.88 Å². The molecule has 0 bridgehead atoms. The number of nitrogens with zero attached hydrogens (tertiary/aromatic N) is 2. The molecule has 3 heterocycles. The molecular weight excluding hydrogens is 352 g/mol. The summed E-state index contributed by atoms with van der Waals surface area (Å²) in [5.74, 6) is -0.278. The van der Waals surface area contributed by atoms with Crippen molar-refractivity contribution in [2.24, 2.45) is 0 Å². The number of rotatable bonds is 1. The van der Waals surface area contributed by atoms with E-state index in [0.29, 0.717) is 37.1 Å². The molecule has 5 nitrogen and oxygen atoms in total. The van der Waals surface area contributed by atoms with Gasteiger partial charge >= 0.3 is 5.97 Å². The van der Waals surface area contributed by atoms with Crippen molar-refractivity contribution >= 4 is 22.8 Å². The second-order valence-electron chi connectivity index (χ2n) is 7.55. The van der Waals surface area contributed by atoms with Crippen molar-refractivity contribution in [3.05, 3.63) is 77.0 Å². The van der Waals surface area contributed by atoms with Crippen LogP contribution in [0.5, 0.6) is 0 Å². The number of piperidine rings is 1. The fourth-order valence-electron chi connectivity index (χ4n) is 4.38. The van der Waals surface area contributed by atoms with Crippen molar-refractivity contribution in [2.75, 3.05) is 13.1 Å². The summed E-state index contributed by atoms with van der Waals surface area (Å²) in [5, 5.41) is 0.962. The number of carbonyl (C=O) groups excluding carboxylic acids is 2. The lowest BCUT2D eigenvalue weighted by Crippen LogP contribution is -2.45. The largest absolute Gasteiger partial charge is 0.450 e. The first kappa shape index (κ1) is 16.9. The first-order valence-corrected chi connectivity index (χ1v) is 9.56. The molecule has 0 radical (unpaired) electrons. The number of benzene rings is 2. The highest BCUT2D eigenvalue weighted by molar-refractivity contribution is 6.05. The van der Waals surface area contributed by atoms with Crippen LogP contribution in [0.4, 0.5) is 0 Å². The Morgan fingerprint density at radius 2 is 1.82 bits per heavy atom. The van der Waals surface area contributed by atoms with Gasteiger partial charge in [-0.15, -0.1) is 0 Å². The summed E-state index contributed by atoms with van der Waals surface area (Å²) in [7, 11) is 0. The van der Waals surface area contributed by atoms with Crippen molar-refractivity contribution in [2.45, 2.75) is 25.4 Å². The molecule has 2 aliphatic heterocycles. The SMILES string of the molecule is Cc1ccc2cccc(C(=O)N3CCC4(CC3)OC(=O)c3ccccc34)c2n1. The Morgan fingerprint density at radius 1 is 1.04 bits per heavy atom. The zero-order chi connectivity index (χ0) is 19.3. The van der Waals surface area contributed by atoms with E-state index in [1.807, 2.05) is 66.4 Å². The van der Waals surface area contributed by atoms with E-state index in [2.05, 4.69) is 4.98 Å². The number of hydrogen-bond donors (Lipinski definition) is 0. The molecule has 0 atom stereocenters. The summed E-state index contributed by atoms with van der Waals surface area (Å²) in [5.41, 5.74) is 3.26. The van der Waals surface area contributed by atoms with Crippen LogP contribution in [0.25, 0.3) is 10.9 Å². The summed E-state index contributed by atoms with van der Waals surface area (Å²) in [6.45, 7) is 3.02. The van der Waals surface area contributed by atoms with Gasteiger partial charge in [-0.1, -0.05) is 36.4 Å². The standard InChI is InChI=1S/C23H20N2O3/c1-15-9-10-16-5-4-7-18(20(16)24-15)21(26)25-13-11-23(12-14-25)19-8-3-2-6-17(19)22(27)28-23/h2-10H,11-14H2,1H3. The first-order chi connectivity index (χ1) is 13.6. The van der Waals surface area contributed by atoms with Crippen LogP contribution in [0.2, 0.25) is 0 Å². The second kappa shape index (κ2) is 6.16. The van der Waals surface area contributed by atoms with Gasteiger partial charge in [0, 0.05) is 42.6 Å². The van der Waals surface area contributed by atoms with Crippen molar-refractivity contribution < 1.29 is 14.3 Å². The number of ether oxygens (including phenoxy) is 1. The number of fused-ring (bicyclic) bond motifs is 3. The van der Waals surface area contributed by atoms with E-state index in [1.165, 1.54) is 0 Å². The molecule has 140 valence electrons. The van der Waals surface area contributed by atoms with Gasteiger partial charge < -0.3 is 9.64 Å². The molecule has 0 N–H and O–H groups in total. The third-order valence-electron chi connectivity index (χ3n) is 5.87. The van der Waals surface area contributed by atoms with Gasteiger partial charge in [-0.2, -0.15) is 0 Å². The average Bonchev–Trinajstić information content (AvgIpc) is 2.99. The molecule has 0 aliphatic carbocycles. The van der Waals surface area contributed by atoms with E-state index in [-0.39, 0.29) is 11.9 Å². The second-order valence-corrected chi connectivity index (χ2v) is 7.55. The fraction of sp³-hybridized carbons (Fsp3) is 0.261. The minimum atomic E-state index is -0.599. The lowest BCUT2D eigenvalue weighted by molar-refractivity contribution is -0.0389. The van der Waals surface area contributed by atoms with Gasteiger partial charge in [0.05, 0.1) is 16.6 Å². The van der Waals surface area contributed by atoms with Gasteiger partial charge in [0.25, 0.3) is 5.91 Å². The van der Waals surface area contributed by atoms with Crippen LogP contribution in [0.3, 0.4) is 0 Å². The van der Waals surface area contributed by atoms with Gasteiger partial charge in [0.15, 0.2) is 0 Å². The van der Waals surface area contributed by atoms with Crippen LogP contribution in [0, 0.1) is 6.92 Å². The molecule has 2 aliphatic rings. The van der Waals surface area contributed by atoms with E-state index in [0.717, 1.165) is 22.2 Å². The number of likely N-dealkylation sites (tertiary alicyclic amines) is 1. The number of pyridine rings is 1. The Labute approximate surface area is 162 Å². The molecule has 1 fully saturated rings. The van der Waals surface area contributed by atoms with Gasteiger partial charge in [-0.05, 0) is 25.1 Å². The topological polar surface area (TPSA) is 59.5 Å². The third-order valence-corrected chi connectivity index (χ3v) is 5.87. The van der Waals surface area contributed by atoms with Crippen LogP contribution in [0.15, 0.2) is 54.6 Å². The Morgan fingerprint density at radius 3 is 2.64 bits per heavy atom. The van der Waals surface area contributed by atoms with Crippen molar-refractivity contribution in [3.63, 3.8) is 0 Å². The summed E-state index contributed by atoms with van der Waals surface area (Å²) in [6.07, 6.45) is 1.22. The number of esters is 1. The molecule has 2 aromatic carbocycles. The number of aryl methyl sites for hydroxylation is 1. The molecule has 28 heavy (non-hydrogen) atoms. The van der Waals surface area contributed by atoms with E-state index < -0.39 is 5.60 Å². The highest BCUT2D eigenvalue weighted by Gasteiger charge is 2.47. The average molecular weight is 372 g/mol. The van der Waals surface area contributed by atoms with Gasteiger partial charge in [0.1, 0.15) is 5.60 Å². The quantitative estimate of drug-likeness (QED) is 0.609. The van der Waals surface area contributed by atoms with Gasteiger partial charge in [-0.3, -0.25) is 9.78 Å². The summed E-state index contributed by atoms with van der Waals surface area (Å²) >= 11 is 0. The van der Waals surface area contributed by atoms with Crippen LogP contribution < -0.4 is 0 Å². The van der Waals surface area contributed by atoms with Crippen molar-refractivity contribution in [1.29, 1.82) is 0 Å². The van der Waals surface area contributed by atoms with Crippen molar-refractivity contribution in [3.8, 4) is 0 Å². The highest BCUT2D eigenvalue weighted by atomic mass is 16.6. The van der Waals surface area contributed by atoms with E-state index in [9.17, 15) is 9.59 Å². The van der Waals surface area contributed by atoms with Crippen LogP contribution in [0.1, 0.15) is 44.8 Å². The van der Waals surface area contributed by atoms with E-state index >= 15 is 0 Å². The molecule has 1 aromatic heterocycles. The van der Waals surface area contributed by atoms with Crippen LogP contribution in [-0.4, -0.2) is 34.8 Å². The maximum atomic E-state index is 13.2. The molecule has 1 spiro atoms. The highest BCUT2D eigenvalue weighted by Crippen LogP contribution is 2.44. The number of carbonyl (C=O) groups is 2. The zero-order valence-electron chi connectivity index (χ0n) is 15.6. The van der Waals surface area contributed by atoms with Gasteiger partial charge in [0.2, 0.25) is 0 Å². The third kappa shape index (κ3) is 2.50. The predicted molar refractivity (Wildman–Crippen MR) is 105 cm³/mol. The first-order valence-electron chi connectivity index (χ1n) is 9.56. The Kier molecular flexibility index (Phi) is 3.72. The molecule has 0 unspecified atom stereocenters. The predicted octanol–water partition coefficient (Wildman–Crippen LogP) is 3.85. The summed E-state index contributed by atoms with van der Waals surface area (Å²) in [6, 6.07) is 17.2. The maximum Gasteiger partial charge on any atom is 0.339 e. The molecular formula is C23H20N2O3. The molecule has 1 amide bonds. The lowest BCUT2D eigenvalue weighted by atomic mass is 9.83. The molecule has 0 saturated carbocycles. The van der Waals surface area contributed by atoms with E-state index in [1.54, 1.807) is 0 Å². The molecule has 5 rings (SSSR count). The Bertz CT molecular complexity index is 1110. The Hall–Kier alpha value is -3.21. The molecule has 3 aromatic rings. The van der Waals surface area contributed by atoms with Crippen LogP contribution >= 0.6 is 0 Å². The maximum absolute atomic E-state index is 13.2. The zero-order valence-corrected chi connectivity index (χ0v) is 15.6. The molecule has 1 saturated heterocycles. The van der Waals surface area contributed by atoms with E-state index in [4.69, 9.17) is 4.74 Å². The smallest absolute Gasteiger partial charge is 0.339 e. The Balaban J connectivity index is 1.42. The lowest BCUT2D eigenvalue weighted by Gasteiger charge is -2.38. The normalized spacial score (nSPS) is 17.6. The monoisotopic (exact) mass is 372 g/mol. The summed E-state index contributed by atoms with van der Waals surface area (Å²) < 4.78 is 5.79. The number of amides is 1. The minimum absolute atomic E-state index is 0.0174. The summed E-state index contributed by atoms with van der Waals surface area (Å²) in [4.78, 5) is 31.9. The van der Waals surface area contributed by atoms with Crippen LogP contribution in [-0.2, 0) is 10.3 Å². The fourth-order valence-corrected chi connectivity index (χ4v) is 4.38. The number of aromatic nitrogens is 1.